The first kappa shape index (κ1) is 14.6. The fraction of sp³-hybridized carbons (Fsp3) is 0.529. The molecule has 4 atom stereocenters. The lowest BCUT2D eigenvalue weighted by Gasteiger charge is -2.41. The van der Waals surface area contributed by atoms with Crippen LogP contribution in [0.4, 0.5) is 0 Å². The fourth-order valence-corrected chi connectivity index (χ4v) is 4.66. The monoisotopic (exact) mass is 409 g/mol. The molecular weight excluding hydrogens is 389 g/mol. The van der Waals surface area contributed by atoms with Gasteiger partial charge in [-0.05, 0) is 79.4 Å². The molecule has 0 aliphatic carbocycles. The first-order valence-electron chi connectivity index (χ1n) is 7.91. The summed E-state index contributed by atoms with van der Waals surface area (Å²) in [6.45, 7) is 1.90. The second kappa shape index (κ2) is 5.60. The minimum Gasteiger partial charge on any atom is -0.339 e. The van der Waals surface area contributed by atoms with E-state index in [-0.39, 0.29) is 0 Å². The van der Waals surface area contributed by atoms with Crippen molar-refractivity contribution < 1.29 is 4.52 Å². The van der Waals surface area contributed by atoms with Crippen LogP contribution < -0.4 is 0 Å². The summed E-state index contributed by atoms with van der Waals surface area (Å²) in [4.78, 5) is 7.11. The van der Waals surface area contributed by atoms with Crippen LogP contribution in [0.25, 0.3) is 0 Å². The Bertz CT molecular complexity index is 669. The second-order valence-corrected chi connectivity index (χ2v) is 7.81. The quantitative estimate of drug-likeness (QED) is 0.710. The van der Waals surface area contributed by atoms with E-state index >= 15 is 0 Å². The number of benzene rings is 1. The van der Waals surface area contributed by atoms with Gasteiger partial charge in [0.15, 0.2) is 5.82 Å². The van der Waals surface area contributed by atoms with Gasteiger partial charge in [-0.3, -0.25) is 4.90 Å². The summed E-state index contributed by atoms with van der Waals surface area (Å²) in [5, 5.41) is 4.04. The third-order valence-corrected chi connectivity index (χ3v) is 6.11. The zero-order valence-corrected chi connectivity index (χ0v) is 15.0. The Morgan fingerprint density at radius 1 is 1.23 bits per heavy atom. The van der Waals surface area contributed by atoms with Gasteiger partial charge in [0.25, 0.3) is 0 Å². The van der Waals surface area contributed by atoms with E-state index in [0.717, 1.165) is 11.7 Å². The zero-order valence-electron chi connectivity index (χ0n) is 12.9. The van der Waals surface area contributed by atoms with Crippen LogP contribution in [-0.4, -0.2) is 34.2 Å². The van der Waals surface area contributed by atoms with Gasteiger partial charge in [0.2, 0.25) is 5.89 Å². The highest BCUT2D eigenvalue weighted by molar-refractivity contribution is 14.1. The van der Waals surface area contributed by atoms with Gasteiger partial charge in [0, 0.05) is 15.7 Å². The molecule has 22 heavy (non-hydrogen) atoms. The fourth-order valence-electron chi connectivity index (χ4n) is 4.30. The van der Waals surface area contributed by atoms with Gasteiger partial charge in [-0.1, -0.05) is 17.3 Å². The van der Waals surface area contributed by atoms with Gasteiger partial charge in [-0.2, -0.15) is 4.98 Å². The number of hydrogen-bond donors (Lipinski definition) is 0. The lowest BCUT2D eigenvalue weighted by molar-refractivity contribution is 0.120. The Labute approximate surface area is 144 Å². The summed E-state index contributed by atoms with van der Waals surface area (Å²) in [7, 11) is 2.25. The third-order valence-electron chi connectivity index (χ3n) is 5.40. The van der Waals surface area contributed by atoms with E-state index in [4.69, 9.17) is 4.52 Å². The predicted octanol–water partition coefficient (Wildman–Crippen LogP) is 3.72. The SMILES string of the molecule is Cc1noc(C2C3CC[C@H](C[C@H]2c2ccc(I)cc2)N3C)n1. The van der Waals surface area contributed by atoms with Crippen molar-refractivity contribution in [2.24, 2.45) is 0 Å². The average molecular weight is 409 g/mol. The minimum absolute atomic E-state index is 0.310. The van der Waals surface area contributed by atoms with Crippen molar-refractivity contribution in [3.8, 4) is 0 Å². The van der Waals surface area contributed by atoms with Crippen molar-refractivity contribution in [1.82, 2.24) is 15.0 Å². The molecule has 2 bridgehead atoms. The summed E-state index contributed by atoms with van der Waals surface area (Å²) in [5.74, 6) is 2.34. The number of piperidine rings is 1. The van der Waals surface area contributed by atoms with Crippen molar-refractivity contribution in [2.45, 2.75) is 50.1 Å². The number of hydrogen-bond acceptors (Lipinski definition) is 4. The summed E-state index contributed by atoms with van der Waals surface area (Å²) in [6.07, 6.45) is 3.69. The maximum Gasteiger partial charge on any atom is 0.231 e. The third kappa shape index (κ3) is 2.38. The molecule has 0 radical (unpaired) electrons. The van der Waals surface area contributed by atoms with E-state index in [9.17, 15) is 0 Å². The van der Waals surface area contributed by atoms with E-state index in [1.165, 1.54) is 28.4 Å². The lowest BCUT2D eigenvalue weighted by atomic mass is 9.76. The Morgan fingerprint density at radius 3 is 2.68 bits per heavy atom. The Hall–Kier alpha value is -0.950. The van der Waals surface area contributed by atoms with E-state index in [0.29, 0.717) is 23.9 Å². The molecule has 4 rings (SSSR count). The van der Waals surface area contributed by atoms with Gasteiger partial charge in [0.05, 0.1) is 5.92 Å². The molecule has 2 aromatic rings. The Balaban J connectivity index is 1.76. The minimum atomic E-state index is 0.310. The highest BCUT2D eigenvalue weighted by Crippen LogP contribution is 2.50. The second-order valence-electron chi connectivity index (χ2n) is 6.56. The Morgan fingerprint density at radius 2 is 2.00 bits per heavy atom. The van der Waals surface area contributed by atoms with Crippen LogP contribution in [0.2, 0.25) is 0 Å². The number of halogens is 1. The summed E-state index contributed by atoms with van der Waals surface area (Å²) >= 11 is 2.36. The van der Waals surface area contributed by atoms with Gasteiger partial charge >= 0.3 is 0 Å². The summed E-state index contributed by atoms with van der Waals surface area (Å²) < 4.78 is 6.87. The number of rotatable bonds is 2. The van der Waals surface area contributed by atoms with Crippen molar-refractivity contribution in [3.05, 3.63) is 45.1 Å². The molecule has 0 N–H and O–H groups in total. The molecule has 5 heteroatoms. The largest absolute Gasteiger partial charge is 0.339 e. The smallest absolute Gasteiger partial charge is 0.231 e. The molecular formula is C17H20IN3O. The van der Waals surface area contributed by atoms with Crippen molar-refractivity contribution in [2.75, 3.05) is 7.05 Å². The molecule has 0 saturated carbocycles. The standard InChI is InChI=1S/C17H20IN3O/c1-10-19-17(22-20-10)16-14(11-3-5-12(18)6-4-11)9-13-7-8-15(16)21(13)2/h3-6,13-16H,7-9H2,1-2H3/t13-,14+,15?,16?/m1/s1. The van der Waals surface area contributed by atoms with Crippen LogP contribution in [0.1, 0.15) is 48.4 Å². The molecule has 0 spiro atoms. The van der Waals surface area contributed by atoms with Gasteiger partial charge in [-0.25, -0.2) is 0 Å². The maximum atomic E-state index is 5.59. The van der Waals surface area contributed by atoms with Crippen molar-refractivity contribution in [3.63, 3.8) is 0 Å². The van der Waals surface area contributed by atoms with Crippen molar-refractivity contribution >= 4 is 22.6 Å². The molecule has 116 valence electrons. The summed E-state index contributed by atoms with van der Waals surface area (Å²) in [5.41, 5.74) is 1.41. The van der Waals surface area contributed by atoms with Crippen LogP contribution in [0.15, 0.2) is 28.8 Å². The molecule has 3 heterocycles. The first-order chi connectivity index (χ1) is 10.6. The van der Waals surface area contributed by atoms with Crippen molar-refractivity contribution in [1.29, 1.82) is 0 Å². The highest BCUT2D eigenvalue weighted by Gasteiger charge is 2.48. The average Bonchev–Trinajstić information content (AvgIpc) is 3.02. The molecule has 1 aromatic heterocycles. The van der Waals surface area contributed by atoms with Gasteiger partial charge < -0.3 is 4.52 Å². The predicted molar refractivity (Wildman–Crippen MR) is 92.9 cm³/mol. The van der Waals surface area contributed by atoms with Gasteiger partial charge in [-0.15, -0.1) is 0 Å². The summed E-state index contributed by atoms with van der Waals surface area (Å²) in [6, 6.07) is 10.1. The number of aromatic nitrogens is 2. The Kier molecular flexibility index (Phi) is 3.72. The molecule has 2 unspecified atom stereocenters. The molecule has 2 aliphatic rings. The maximum absolute atomic E-state index is 5.59. The van der Waals surface area contributed by atoms with E-state index in [2.05, 4.69) is 68.9 Å². The molecule has 2 aliphatic heterocycles. The molecule has 2 saturated heterocycles. The number of nitrogens with zero attached hydrogens (tertiary/aromatic N) is 3. The van der Waals surface area contributed by atoms with E-state index in [1.54, 1.807) is 0 Å². The van der Waals surface area contributed by atoms with E-state index in [1.807, 2.05) is 6.92 Å². The first-order valence-corrected chi connectivity index (χ1v) is 8.99. The molecule has 0 amide bonds. The van der Waals surface area contributed by atoms with Gasteiger partial charge in [0.1, 0.15) is 0 Å². The zero-order chi connectivity index (χ0) is 15.3. The number of fused-ring (bicyclic) bond motifs is 2. The van der Waals surface area contributed by atoms with Crippen LogP contribution >= 0.6 is 22.6 Å². The molecule has 1 aromatic carbocycles. The topological polar surface area (TPSA) is 42.2 Å². The van der Waals surface area contributed by atoms with Crippen LogP contribution in [0, 0.1) is 10.5 Å². The highest BCUT2D eigenvalue weighted by atomic mass is 127. The number of likely N-dealkylation sites (N-methyl/N-ethyl adjacent to an activating group) is 1. The molecule has 4 nitrogen and oxygen atoms in total. The normalized spacial score (nSPS) is 31.6. The number of aryl methyl sites for hydroxylation is 1. The van der Waals surface area contributed by atoms with Crippen LogP contribution in [0.5, 0.6) is 0 Å². The lowest BCUT2D eigenvalue weighted by Crippen LogP contribution is -2.44. The van der Waals surface area contributed by atoms with Crippen LogP contribution in [-0.2, 0) is 0 Å². The molecule has 2 fully saturated rings. The van der Waals surface area contributed by atoms with E-state index < -0.39 is 0 Å². The van der Waals surface area contributed by atoms with Crippen LogP contribution in [0.3, 0.4) is 0 Å².